The van der Waals surface area contributed by atoms with Crippen molar-refractivity contribution in [3.63, 3.8) is 0 Å². The van der Waals surface area contributed by atoms with Crippen molar-refractivity contribution in [1.29, 1.82) is 0 Å². The molecule has 0 radical (unpaired) electrons. The second-order valence-electron chi connectivity index (χ2n) is 3.95. The van der Waals surface area contributed by atoms with Crippen molar-refractivity contribution in [2.75, 3.05) is 5.32 Å². The molecule has 4 nitrogen and oxygen atoms in total. The molecule has 5 heteroatoms. The van der Waals surface area contributed by atoms with E-state index in [2.05, 4.69) is 15.3 Å². The summed E-state index contributed by atoms with van der Waals surface area (Å²) in [5.41, 5.74) is 1.27. The Bertz CT molecular complexity index is 491. The van der Waals surface area contributed by atoms with Gasteiger partial charge in [0.2, 0.25) is 0 Å². The van der Waals surface area contributed by atoms with Crippen LogP contribution in [0.5, 0.6) is 0 Å². The Balaban J connectivity index is 2.07. The van der Waals surface area contributed by atoms with Crippen LogP contribution in [-0.4, -0.2) is 15.9 Å². The zero-order valence-electron chi connectivity index (χ0n) is 9.68. The monoisotopic (exact) mass is 247 g/mol. The minimum atomic E-state index is -0.132. The van der Waals surface area contributed by atoms with Crippen molar-refractivity contribution < 1.29 is 4.79 Å². The summed E-state index contributed by atoms with van der Waals surface area (Å²) in [7, 11) is 0. The van der Waals surface area contributed by atoms with Crippen LogP contribution in [0.25, 0.3) is 0 Å². The molecule has 88 valence electrons. The van der Waals surface area contributed by atoms with Crippen molar-refractivity contribution >= 4 is 22.9 Å². The molecule has 0 bridgehead atoms. The molecular weight excluding hydrogens is 234 g/mol. The fourth-order valence-electron chi connectivity index (χ4n) is 1.30. The summed E-state index contributed by atoms with van der Waals surface area (Å²) in [6.07, 6.45) is 3.26. The number of carbonyl (C=O) groups is 1. The van der Waals surface area contributed by atoms with Crippen LogP contribution in [0.15, 0.2) is 29.2 Å². The van der Waals surface area contributed by atoms with E-state index in [1.165, 1.54) is 11.3 Å². The van der Waals surface area contributed by atoms with Gasteiger partial charge in [-0.25, -0.2) is 9.97 Å². The van der Waals surface area contributed by atoms with Gasteiger partial charge in [0.05, 0.1) is 23.6 Å². The third-order valence-electron chi connectivity index (χ3n) is 2.23. The van der Waals surface area contributed by atoms with Crippen LogP contribution in [-0.2, 0) is 0 Å². The van der Waals surface area contributed by atoms with Gasteiger partial charge < -0.3 is 5.32 Å². The molecule has 17 heavy (non-hydrogen) atoms. The van der Waals surface area contributed by atoms with E-state index in [0.29, 0.717) is 11.3 Å². The molecule has 2 rings (SSSR count). The molecule has 0 aromatic carbocycles. The second-order valence-corrected chi connectivity index (χ2v) is 4.73. The van der Waals surface area contributed by atoms with E-state index >= 15 is 0 Å². The van der Waals surface area contributed by atoms with Crippen LogP contribution in [0.3, 0.4) is 0 Å². The summed E-state index contributed by atoms with van der Waals surface area (Å²) in [6, 6.07) is 1.78. The highest BCUT2D eigenvalue weighted by Crippen LogP contribution is 2.12. The lowest BCUT2D eigenvalue weighted by atomic mass is 10.2. The first-order valence-corrected chi connectivity index (χ1v) is 6.26. The zero-order valence-corrected chi connectivity index (χ0v) is 10.5. The van der Waals surface area contributed by atoms with Crippen molar-refractivity contribution in [1.82, 2.24) is 9.97 Å². The number of hydrogen-bond donors (Lipinski definition) is 1. The Hall–Kier alpha value is -1.75. The number of hydrogen-bond acceptors (Lipinski definition) is 4. The number of thiophene rings is 1. The van der Waals surface area contributed by atoms with Gasteiger partial charge >= 0.3 is 0 Å². The number of anilines is 1. The van der Waals surface area contributed by atoms with Crippen molar-refractivity contribution in [3.8, 4) is 0 Å². The van der Waals surface area contributed by atoms with Crippen LogP contribution in [0, 0.1) is 0 Å². The average molecular weight is 247 g/mol. The number of aromatic nitrogens is 2. The topological polar surface area (TPSA) is 54.9 Å². The van der Waals surface area contributed by atoms with Crippen molar-refractivity contribution in [3.05, 3.63) is 40.6 Å². The quantitative estimate of drug-likeness (QED) is 0.907. The molecular formula is C12H13N3OS. The van der Waals surface area contributed by atoms with Crippen LogP contribution in [0.2, 0.25) is 0 Å². The maximum absolute atomic E-state index is 11.7. The smallest absolute Gasteiger partial charge is 0.256 e. The summed E-state index contributed by atoms with van der Waals surface area (Å²) in [5.74, 6) is 0.933. The van der Waals surface area contributed by atoms with Gasteiger partial charge in [-0.3, -0.25) is 4.79 Å². The van der Waals surface area contributed by atoms with Crippen LogP contribution < -0.4 is 5.32 Å². The lowest BCUT2D eigenvalue weighted by Gasteiger charge is -2.05. The van der Waals surface area contributed by atoms with Gasteiger partial charge in [-0.15, -0.1) is 0 Å². The first kappa shape index (κ1) is 11.7. The molecule has 0 atom stereocenters. The van der Waals surface area contributed by atoms with E-state index in [9.17, 15) is 4.79 Å². The summed E-state index contributed by atoms with van der Waals surface area (Å²) in [6.45, 7) is 4.05. The first-order chi connectivity index (χ1) is 8.16. The summed E-state index contributed by atoms with van der Waals surface area (Å²) >= 11 is 1.49. The Labute approximate surface area is 104 Å². The molecule has 2 aromatic heterocycles. The maximum Gasteiger partial charge on any atom is 0.256 e. The third-order valence-corrected chi connectivity index (χ3v) is 2.91. The standard InChI is InChI=1S/C12H13N3OS/c1-8(2)11-13-5-10(6-14-11)15-12(16)9-3-4-17-7-9/h3-8H,1-2H3,(H,15,16). The Morgan fingerprint density at radius 3 is 2.59 bits per heavy atom. The highest BCUT2D eigenvalue weighted by Gasteiger charge is 2.07. The molecule has 1 N–H and O–H groups in total. The van der Waals surface area contributed by atoms with Crippen LogP contribution in [0.4, 0.5) is 5.69 Å². The van der Waals surface area contributed by atoms with Gasteiger partial charge in [-0.2, -0.15) is 11.3 Å². The second kappa shape index (κ2) is 5.05. The number of carbonyl (C=O) groups excluding carboxylic acids is 1. The van der Waals surface area contributed by atoms with Gasteiger partial charge in [-0.05, 0) is 11.4 Å². The minimum Gasteiger partial charge on any atom is -0.319 e. The molecule has 0 aliphatic heterocycles. The highest BCUT2D eigenvalue weighted by molar-refractivity contribution is 7.08. The molecule has 0 unspecified atom stereocenters. The molecule has 2 aromatic rings. The van der Waals surface area contributed by atoms with E-state index in [1.54, 1.807) is 23.8 Å². The predicted molar refractivity (Wildman–Crippen MR) is 68.4 cm³/mol. The molecule has 0 aliphatic rings. The molecule has 0 fully saturated rings. The maximum atomic E-state index is 11.7. The lowest BCUT2D eigenvalue weighted by molar-refractivity contribution is 0.102. The summed E-state index contributed by atoms with van der Waals surface area (Å²) in [4.78, 5) is 20.1. The number of rotatable bonds is 3. The van der Waals surface area contributed by atoms with Gasteiger partial charge in [0.25, 0.3) is 5.91 Å². The average Bonchev–Trinajstić information content (AvgIpc) is 2.83. The van der Waals surface area contributed by atoms with Gasteiger partial charge in [0, 0.05) is 11.3 Å². The Morgan fingerprint density at radius 1 is 1.35 bits per heavy atom. The van der Waals surface area contributed by atoms with Crippen LogP contribution >= 0.6 is 11.3 Å². The molecule has 1 amide bonds. The molecule has 0 spiro atoms. The fourth-order valence-corrected chi connectivity index (χ4v) is 1.93. The van der Waals surface area contributed by atoms with E-state index in [1.807, 2.05) is 19.2 Å². The van der Waals surface area contributed by atoms with E-state index in [0.717, 1.165) is 5.82 Å². The van der Waals surface area contributed by atoms with Crippen LogP contribution in [0.1, 0.15) is 35.9 Å². The normalized spacial score (nSPS) is 10.5. The summed E-state index contributed by atoms with van der Waals surface area (Å²) < 4.78 is 0. The van der Waals surface area contributed by atoms with E-state index in [4.69, 9.17) is 0 Å². The first-order valence-electron chi connectivity index (χ1n) is 5.32. The Morgan fingerprint density at radius 2 is 2.06 bits per heavy atom. The third kappa shape index (κ3) is 2.88. The molecule has 0 aliphatic carbocycles. The predicted octanol–water partition coefficient (Wildman–Crippen LogP) is 2.91. The van der Waals surface area contributed by atoms with E-state index in [-0.39, 0.29) is 11.8 Å². The molecule has 0 saturated heterocycles. The highest BCUT2D eigenvalue weighted by atomic mass is 32.1. The Kier molecular flexibility index (Phi) is 3.49. The lowest BCUT2D eigenvalue weighted by Crippen LogP contribution is -2.11. The number of amides is 1. The molecule has 2 heterocycles. The molecule has 0 saturated carbocycles. The van der Waals surface area contributed by atoms with Gasteiger partial charge in [-0.1, -0.05) is 13.8 Å². The SMILES string of the molecule is CC(C)c1ncc(NC(=O)c2ccsc2)cn1. The number of nitrogens with one attached hydrogen (secondary N) is 1. The number of nitrogens with zero attached hydrogens (tertiary/aromatic N) is 2. The van der Waals surface area contributed by atoms with Gasteiger partial charge in [0.1, 0.15) is 5.82 Å². The van der Waals surface area contributed by atoms with Crippen molar-refractivity contribution in [2.24, 2.45) is 0 Å². The minimum absolute atomic E-state index is 0.132. The van der Waals surface area contributed by atoms with E-state index < -0.39 is 0 Å². The largest absolute Gasteiger partial charge is 0.319 e. The van der Waals surface area contributed by atoms with Crippen molar-refractivity contribution in [2.45, 2.75) is 19.8 Å². The van der Waals surface area contributed by atoms with Gasteiger partial charge in [0.15, 0.2) is 0 Å². The zero-order chi connectivity index (χ0) is 12.3. The summed E-state index contributed by atoms with van der Waals surface area (Å²) in [5, 5.41) is 6.43. The fraction of sp³-hybridized carbons (Fsp3) is 0.250.